The summed E-state index contributed by atoms with van der Waals surface area (Å²) in [6, 6.07) is 8.83. The Morgan fingerprint density at radius 3 is 2.59 bits per heavy atom. The third-order valence-electron chi connectivity index (χ3n) is 5.36. The maximum atomic E-state index is 12.8. The van der Waals surface area contributed by atoms with Crippen molar-refractivity contribution in [2.24, 2.45) is 0 Å². The van der Waals surface area contributed by atoms with Gasteiger partial charge in [-0.05, 0) is 57.4 Å². The zero-order valence-electron chi connectivity index (χ0n) is 18.6. The second kappa shape index (κ2) is 11.1. The first-order chi connectivity index (χ1) is 15.3. The molecule has 1 aromatic heterocycles. The number of hydrogen-bond donors (Lipinski definition) is 2. The molecule has 170 valence electrons. The number of aromatic nitrogens is 1. The van der Waals surface area contributed by atoms with E-state index in [1.807, 2.05) is 26.0 Å². The van der Waals surface area contributed by atoms with Crippen LogP contribution in [0.15, 0.2) is 46.5 Å². The van der Waals surface area contributed by atoms with E-state index in [2.05, 4.69) is 21.7 Å². The topological polar surface area (TPSA) is 97.4 Å². The Morgan fingerprint density at radius 1 is 1.12 bits per heavy atom. The summed E-state index contributed by atoms with van der Waals surface area (Å²) in [7, 11) is 0. The van der Waals surface area contributed by atoms with E-state index in [4.69, 9.17) is 4.74 Å². The Hall–Kier alpha value is -2.87. The van der Waals surface area contributed by atoms with Gasteiger partial charge in [0, 0.05) is 17.1 Å². The monoisotopic (exact) mass is 455 g/mol. The number of urea groups is 1. The van der Waals surface area contributed by atoms with Crippen molar-refractivity contribution in [3.8, 4) is 0 Å². The fourth-order valence-corrected chi connectivity index (χ4v) is 4.54. The first-order valence-electron chi connectivity index (χ1n) is 10.9. The van der Waals surface area contributed by atoms with Crippen molar-refractivity contribution in [2.75, 3.05) is 0 Å². The molecule has 0 radical (unpaired) electrons. The molecule has 7 nitrogen and oxygen atoms in total. The molecule has 2 aromatic rings. The molecule has 1 aliphatic carbocycles. The molecule has 0 saturated heterocycles. The number of pyridine rings is 1. The number of esters is 1. The van der Waals surface area contributed by atoms with Crippen molar-refractivity contribution in [3.63, 3.8) is 0 Å². The van der Waals surface area contributed by atoms with Gasteiger partial charge in [-0.25, -0.2) is 14.6 Å². The summed E-state index contributed by atoms with van der Waals surface area (Å²) in [5.74, 6) is -1.33. The summed E-state index contributed by atoms with van der Waals surface area (Å²) in [4.78, 5) is 42.5. The summed E-state index contributed by atoms with van der Waals surface area (Å²) in [6.45, 7) is 5.46. The molecule has 3 amide bonds. The van der Waals surface area contributed by atoms with Gasteiger partial charge in [-0.15, -0.1) is 0 Å². The van der Waals surface area contributed by atoms with Crippen molar-refractivity contribution >= 4 is 29.7 Å². The predicted molar refractivity (Wildman–Crippen MR) is 123 cm³/mol. The van der Waals surface area contributed by atoms with Crippen LogP contribution in [-0.2, 0) is 9.53 Å². The minimum Gasteiger partial charge on any atom is -0.449 e. The minimum atomic E-state index is -1.13. The van der Waals surface area contributed by atoms with Gasteiger partial charge < -0.3 is 10.1 Å². The van der Waals surface area contributed by atoms with Gasteiger partial charge in [0.1, 0.15) is 5.03 Å². The molecule has 1 aromatic carbocycles. The maximum Gasteiger partial charge on any atom is 0.341 e. The van der Waals surface area contributed by atoms with E-state index in [1.165, 1.54) is 25.1 Å². The SMILES string of the molecule is Cc1ccc(Sc2ncccc2C(=O)OC(C)C(=O)NC(=O)NC2CCCCC2)c(C)c1. The fraction of sp³-hybridized carbons (Fsp3) is 0.417. The summed E-state index contributed by atoms with van der Waals surface area (Å²) in [6.07, 6.45) is 5.61. The first-order valence-corrected chi connectivity index (χ1v) is 11.7. The van der Waals surface area contributed by atoms with Crippen LogP contribution in [-0.4, -0.2) is 35.0 Å². The van der Waals surface area contributed by atoms with Gasteiger partial charge in [0.2, 0.25) is 0 Å². The summed E-state index contributed by atoms with van der Waals surface area (Å²) < 4.78 is 5.33. The Kier molecular flexibility index (Phi) is 8.27. The Labute approximate surface area is 192 Å². The number of nitrogens with one attached hydrogen (secondary N) is 2. The molecule has 1 saturated carbocycles. The number of ether oxygens (including phenoxy) is 1. The normalized spacial score (nSPS) is 15.0. The number of rotatable bonds is 6. The van der Waals surface area contributed by atoms with E-state index in [1.54, 1.807) is 18.3 Å². The van der Waals surface area contributed by atoms with Crippen LogP contribution in [0.3, 0.4) is 0 Å². The summed E-state index contributed by atoms with van der Waals surface area (Å²) >= 11 is 1.37. The van der Waals surface area contributed by atoms with E-state index in [0.717, 1.165) is 41.7 Å². The van der Waals surface area contributed by atoms with Crippen LogP contribution in [0.2, 0.25) is 0 Å². The van der Waals surface area contributed by atoms with Gasteiger partial charge in [-0.3, -0.25) is 10.1 Å². The molecule has 1 atom stereocenters. The molecule has 3 rings (SSSR count). The quantitative estimate of drug-likeness (QED) is 0.620. The lowest BCUT2D eigenvalue weighted by Gasteiger charge is -2.23. The molecule has 1 fully saturated rings. The van der Waals surface area contributed by atoms with Crippen LogP contribution in [0, 0.1) is 13.8 Å². The molecule has 2 N–H and O–H groups in total. The molecule has 0 bridgehead atoms. The standard InChI is InChI=1S/C24H29N3O4S/c1-15-11-12-20(16(2)14-15)32-22-19(10-7-13-25-22)23(29)31-17(3)21(28)27-24(30)26-18-8-5-4-6-9-18/h7,10-14,17-18H,4-6,8-9H2,1-3H3,(H2,26,27,28,30). The molecule has 32 heavy (non-hydrogen) atoms. The van der Waals surface area contributed by atoms with Crippen LogP contribution in [0.5, 0.6) is 0 Å². The van der Waals surface area contributed by atoms with Crippen LogP contribution in [0.4, 0.5) is 4.79 Å². The van der Waals surface area contributed by atoms with E-state index >= 15 is 0 Å². The molecule has 8 heteroatoms. The minimum absolute atomic E-state index is 0.0783. The lowest BCUT2D eigenvalue weighted by Crippen LogP contribution is -2.48. The number of carbonyl (C=O) groups is 3. The number of benzene rings is 1. The van der Waals surface area contributed by atoms with Crippen molar-refractivity contribution in [2.45, 2.75) is 74.9 Å². The van der Waals surface area contributed by atoms with Crippen molar-refractivity contribution in [1.29, 1.82) is 0 Å². The van der Waals surface area contributed by atoms with E-state index < -0.39 is 24.0 Å². The molecule has 1 aliphatic rings. The van der Waals surface area contributed by atoms with Crippen LogP contribution < -0.4 is 10.6 Å². The van der Waals surface area contributed by atoms with Gasteiger partial charge in [0.25, 0.3) is 5.91 Å². The highest BCUT2D eigenvalue weighted by Gasteiger charge is 2.24. The number of amides is 3. The van der Waals surface area contributed by atoms with Gasteiger partial charge in [-0.1, -0.05) is 48.7 Å². The number of nitrogens with zero attached hydrogens (tertiary/aromatic N) is 1. The Balaban J connectivity index is 1.60. The molecule has 1 heterocycles. The number of aryl methyl sites for hydroxylation is 2. The second-order valence-electron chi connectivity index (χ2n) is 8.07. The highest BCUT2D eigenvalue weighted by molar-refractivity contribution is 7.99. The van der Waals surface area contributed by atoms with E-state index in [0.29, 0.717) is 5.03 Å². The zero-order chi connectivity index (χ0) is 23.1. The van der Waals surface area contributed by atoms with Crippen molar-refractivity contribution in [1.82, 2.24) is 15.6 Å². The lowest BCUT2D eigenvalue weighted by atomic mass is 9.96. The molecular formula is C24H29N3O4S. The zero-order valence-corrected chi connectivity index (χ0v) is 19.5. The smallest absolute Gasteiger partial charge is 0.341 e. The van der Waals surface area contributed by atoms with Crippen LogP contribution in [0.25, 0.3) is 0 Å². The third kappa shape index (κ3) is 6.56. The van der Waals surface area contributed by atoms with E-state index in [-0.39, 0.29) is 11.6 Å². The van der Waals surface area contributed by atoms with Gasteiger partial charge in [0.15, 0.2) is 6.10 Å². The van der Waals surface area contributed by atoms with Gasteiger partial charge in [-0.2, -0.15) is 0 Å². The third-order valence-corrected chi connectivity index (χ3v) is 6.55. The Bertz CT molecular complexity index is 989. The number of carbonyl (C=O) groups excluding carboxylic acids is 3. The predicted octanol–water partition coefficient (Wildman–Crippen LogP) is 4.55. The number of imide groups is 1. The largest absolute Gasteiger partial charge is 0.449 e. The molecule has 0 spiro atoms. The molecule has 0 aliphatic heterocycles. The average Bonchev–Trinajstić information content (AvgIpc) is 2.76. The fourth-order valence-electron chi connectivity index (χ4n) is 3.60. The lowest BCUT2D eigenvalue weighted by molar-refractivity contribution is -0.127. The average molecular weight is 456 g/mol. The Morgan fingerprint density at radius 2 is 1.88 bits per heavy atom. The maximum absolute atomic E-state index is 12.8. The van der Waals surface area contributed by atoms with Crippen molar-refractivity contribution in [3.05, 3.63) is 53.2 Å². The summed E-state index contributed by atoms with van der Waals surface area (Å²) in [5, 5.41) is 5.57. The summed E-state index contributed by atoms with van der Waals surface area (Å²) in [5.41, 5.74) is 2.50. The number of hydrogen-bond acceptors (Lipinski definition) is 6. The van der Waals surface area contributed by atoms with Crippen molar-refractivity contribution < 1.29 is 19.1 Å². The highest BCUT2D eigenvalue weighted by atomic mass is 32.2. The highest BCUT2D eigenvalue weighted by Crippen LogP contribution is 2.32. The molecular weight excluding hydrogens is 426 g/mol. The van der Waals surface area contributed by atoms with Crippen LogP contribution >= 0.6 is 11.8 Å². The first kappa shape index (κ1) is 23.8. The molecule has 1 unspecified atom stereocenters. The van der Waals surface area contributed by atoms with Crippen LogP contribution in [0.1, 0.15) is 60.5 Å². The van der Waals surface area contributed by atoms with Gasteiger partial charge in [0.05, 0.1) is 5.56 Å². The second-order valence-corrected chi connectivity index (χ2v) is 9.10. The van der Waals surface area contributed by atoms with E-state index in [9.17, 15) is 14.4 Å². The van der Waals surface area contributed by atoms with Gasteiger partial charge >= 0.3 is 12.0 Å².